The van der Waals surface area contributed by atoms with Gasteiger partial charge in [-0.25, -0.2) is 9.59 Å². The molecule has 8 heteroatoms. The van der Waals surface area contributed by atoms with Crippen LogP contribution in [0, 0.1) is 13.8 Å². The SMILES string of the molecule is Cc1coc2cc3oc(=O)c(CC(=O)N[C@H](CSCc4ccccc4)C(=O)O)c(C)c3cc12. The summed E-state index contributed by atoms with van der Waals surface area (Å²) in [6, 6.07) is 12.2. The van der Waals surface area contributed by atoms with Crippen LogP contribution in [0.5, 0.6) is 0 Å². The molecule has 33 heavy (non-hydrogen) atoms. The maximum absolute atomic E-state index is 12.6. The Morgan fingerprint density at radius 2 is 1.85 bits per heavy atom. The Morgan fingerprint density at radius 3 is 2.58 bits per heavy atom. The van der Waals surface area contributed by atoms with Crippen LogP contribution in [0.2, 0.25) is 0 Å². The number of hydrogen-bond donors (Lipinski definition) is 2. The summed E-state index contributed by atoms with van der Waals surface area (Å²) >= 11 is 1.42. The van der Waals surface area contributed by atoms with E-state index in [-0.39, 0.29) is 17.7 Å². The highest BCUT2D eigenvalue weighted by atomic mass is 32.2. The molecule has 0 aliphatic heterocycles. The number of thioether (sulfide) groups is 1. The van der Waals surface area contributed by atoms with Gasteiger partial charge in [0, 0.05) is 28.3 Å². The average Bonchev–Trinajstić information content (AvgIpc) is 3.15. The van der Waals surface area contributed by atoms with Gasteiger partial charge in [-0.1, -0.05) is 30.3 Å². The van der Waals surface area contributed by atoms with Crippen LogP contribution >= 0.6 is 11.8 Å². The first-order valence-electron chi connectivity index (χ1n) is 10.4. The van der Waals surface area contributed by atoms with Crippen LogP contribution in [0.25, 0.3) is 21.9 Å². The van der Waals surface area contributed by atoms with Crippen molar-refractivity contribution in [2.45, 2.75) is 32.1 Å². The molecule has 0 aliphatic rings. The number of carbonyl (C=O) groups is 2. The second-order valence-electron chi connectivity index (χ2n) is 7.89. The molecule has 0 saturated carbocycles. The number of aryl methyl sites for hydroxylation is 2. The van der Waals surface area contributed by atoms with E-state index in [2.05, 4.69) is 5.32 Å². The number of hydrogen-bond acceptors (Lipinski definition) is 6. The molecule has 4 aromatic rings. The molecule has 2 aromatic carbocycles. The number of aliphatic carboxylic acids is 1. The number of nitrogens with one attached hydrogen (secondary N) is 1. The summed E-state index contributed by atoms with van der Waals surface area (Å²) in [5.74, 6) is -0.823. The van der Waals surface area contributed by atoms with Crippen molar-refractivity contribution in [3.8, 4) is 0 Å². The fourth-order valence-electron chi connectivity index (χ4n) is 3.69. The summed E-state index contributed by atoms with van der Waals surface area (Å²) in [4.78, 5) is 36.9. The molecule has 2 N–H and O–H groups in total. The quantitative estimate of drug-likeness (QED) is 0.375. The number of rotatable bonds is 8. The molecule has 0 saturated heterocycles. The third-order valence-corrected chi connectivity index (χ3v) is 6.65. The Bertz CT molecular complexity index is 1390. The Labute approximate surface area is 193 Å². The summed E-state index contributed by atoms with van der Waals surface area (Å²) < 4.78 is 10.9. The first kappa shape index (κ1) is 22.7. The van der Waals surface area contributed by atoms with Crippen LogP contribution in [0.3, 0.4) is 0 Å². The van der Waals surface area contributed by atoms with Crippen LogP contribution < -0.4 is 10.9 Å². The normalized spacial score (nSPS) is 12.2. The summed E-state index contributed by atoms with van der Waals surface area (Å²) in [6.45, 7) is 3.68. The largest absolute Gasteiger partial charge is 0.480 e. The molecule has 0 spiro atoms. The van der Waals surface area contributed by atoms with E-state index < -0.39 is 23.5 Å². The van der Waals surface area contributed by atoms with Crippen molar-refractivity contribution >= 4 is 45.6 Å². The minimum absolute atomic E-state index is 0.207. The van der Waals surface area contributed by atoms with Crippen LogP contribution in [-0.2, 0) is 21.8 Å². The molecule has 170 valence electrons. The van der Waals surface area contributed by atoms with E-state index in [0.717, 1.165) is 16.5 Å². The van der Waals surface area contributed by atoms with Gasteiger partial charge in [0.1, 0.15) is 17.2 Å². The Kier molecular flexibility index (Phi) is 6.55. The van der Waals surface area contributed by atoms with Gasteiger partial charge in [0.15, 0.2) is 0 Å². The van der Waals surface area contributed by atoms with Crippen LogP contribution in [0.4, 0.5) is 0 Å². The number of amides is 1. The molecule has 0 radical (unpaired) electrons. The van der Waals surface area contributed by atoms with Gasteiger partial charge in [-0.05, 0) is 36.6 Å². The maximum Gasteiger partial charge on any atom is 0.340 e. The van der Waals surface area contributed by atoms with Gasteiger partial charge in [-0.3, -0.25) is 4.79 Å². The molecule has 2 heterocycles. The van der Waals surface area contributed by atoms with Gasteiger partial charge in [-0.15, -0.1) is 0 Å². The molecular weight excluding hydrogens is 442 g/mol. The monoisotopic (exact) mass is 465 g/mol. The zero-order chi connectivity index (χ0) is 23.5. The molecule has 7 nitrogen and oxygen atoms in total. The predicted molar refractivity (Wildman–Crippen MR) is 128 cm³/mol. The molecule has 2 aromatic heterocycles. The van der Waals surface area contributed by atoms with Crippen molar-refractivity contribution in [1.82, 2.24) is 5.32 Å². The summed E-state index contributed by atoms with van der Waals surface area (Å²) in [5.41, 5.74) is 3.24. The van der Waals surface area contributed by atoms with Crippen molar-refractivity contribution in [3.05, 3.63) is 81.4 Å². The highest BCUT2D eigenvalue weighted by Gasteiger charge is 2.22. The van der Waals surface area contributed by atoms with Gasteiger partial charge in [0.05, 0.1) is 18.2 Å². The van der Waals surface area contributed by atoms with Crippen molar-refractivity contribution in [2.24, 2.45) is 0 Å². The maximum atomic E-state index is 12.6. The number of carboxylic acid groups (broad SMARTS) is 1. The first-order chi connectivity index (χ1) is 15.8. The standard InChI is InChI=1S/C25H23NO6S/c1-14-11-31-21-10-22-18(8-17(14)21)15(2)19(25(30)32-22)9-23(27)26-20(24(28)29)13-33-12-16-6-4-3-5-7-16/h3-8,10-11,20H,9,12-13H2,1-2H3,(H,26,27)(H,28,29)/t20-/m1/s1. The summed E-state index contributed by atoms with van der Waals surface area (Å²) in [5, 5.41) is 13.7. The van der Waals surface area contributed by atoms with Gasteiger partial charge in [0.25, 0.3) is 0 Å². The van der Waals surface area contributed by atoms with Gasteiger partial charge < -0.3 is 19.3 Å². The number of fused-ring (bicyclic) bond motifs is 2. The van der Waals surface area contributed by atoms with Gasteiger partial charge >= 0.3 is 11.6 Å². The highest BCUT2D eigenvalue weighted by Crippen LogP contribution is 2.28. The number of furan rings is 1. The van der Waals surface area contributed by atoms with E-state index in [0.29, 0.717) is 27.9 Å². The lowest BCUT2D eigenvalue weighted by molar-refractivity contribution is -0.141. The fourth-order valence-corrected chi connectivity index (χ4v) is 4.70. The van der Waals surface area contributed by atoms with Crippen molar-refractivity contribution in [2.75, 3.05) is 5.75 Å². The Balaban J connectivity index is 1.49. The molecule has 1 atom stereocenters. The average molecular weight is 466 g/mol. The number of carboxylic acids is 1. The molecule has 1 amide bonds. The van der Waals surface area contributed by atoms with Crippen molar-refractivity contribution in [1.29, 1.82) is 0 Å². The summed E-state index contributed by atoms with van der Waals surface area (Å²) in [6.07, 6.45) is 1.37. The number of carbonyl (C=O) groups excluding carboxylic acids is 1. The van der Waals surface area contributed by atoms with E-state index in [9.17, 15) is 19.5 Å². The predicted octanol–water partition coefficient (Wildman–Crippen LogP) is 4.20. The van der Waals surface area contributed by atoms with E-state index >= 15 is 0 Å². The minimum atomic E-state index is -1.12. The first-order valence-corrected chi connectivity index (χ1v) is 11.6. The second kappa shape index (κ2) is 9.54. The van der Waals surface area contributed by atoms with Crippen molar-refractivity contribution in [3.63, 3.8) is 0 Å². The molecule has 0 aliphatic carbocycles. The van der Waals surface area contributed by atoms with Crippen LogP contribution in [0.15, 0.2) is 62.4 Å². The smallest absolute Gasteiger partial charge is 0.340 e. The molecule has 4 rings (SSSR count). The van der Waals surface area contributed by atoms with E-state index in [4.69, 9.17) is 8.83 Å². The zero-order valence-electron chi connectivity index (χ0n) is 18.2. The van der Waals surface area contributed by atoms with Crippen LogP contribution in [0.1, 0.15) is 22.3 Å². The number of benzene rings is 2. The highest BCUT2D eigenvalue weighted by molar-refractivity contribution is 7.98. The third-order valence-electron chi connectivity index (χ3n) is 5.54. The van der Waals surface area contributed by atoms with E-state index in [1.807, 2.05) is 43.3 Å². The van der Waals surface area contributed by atoms with E-state index in [1.54, 1.807) is 19.3 Å². The minimum Gasteiger partial charge on any atom is -0.480 e. The lowest BCUT2D eigenvalue weighted by Gasteiger charge is -2.15. The van der Waals surface area contributed by atoms with Crippen molar-refractivity contribution < 1.29 is 23.5 Å². The summed E-state index contributed by atoms with van der Waals surface area (Å²) in [7, 11) is 0. The lowest BCUT2D eigenvalue weighted by Crippen LogP contribution is -2.43. The lowest BCUT2D eigenvalue weighted by atomic mass is 10.0. The molecular formula is C25H23NO6S. The topological polar surface area (TPSA) is 110 Å². The second-order valence-corrected chi connectivity index (χ2v) is 8.92. The van der Waals surface area contributed by atoms with Gasteiger partial charge in [-0.2, -0.15) is 11.8 Å². The molecule has 0 fully saturated rings. The fraction of sp³-hybridized carbons (Fsp3) is 0.240. The zero-order valence-corrected chi connectivity index (χ0v) is 19.0. The van der Waals surface area contributed by atoms with Gasteiger partial charge in [0.2, 0.25) is 5.91 Å². The molecule has 0 unspecified atom stereocenters. The third kappa shape index (κ3) is 4.96. The Morgan fingerprint density at radius 1 is 1.09 bits per heavy atom. The van der Waals surface area contributed by atoms with E-state index in [1.165, 1.54) is 11.8 Å². The van der Waals surface area contributed by atoms with Crippen LogP contribution in [-0.4, -0.2) is 28.8 Å². The molecule has 0 bridgehead atoms. The Hall–Kier alpha value is -3.52.